The van der Waals surface area contributed by atoms with Gasteiger partial charge in [0.1, 0.15) is 0 Å². The molecule has 1 saturated carbocycles. The van der Waals surface area contributed by atoms with Gasteiger partial charge in [-0.2, -0.15) is 0 Å². The summed E-state index contributed by atoms with van der Waals surface area (Å²) >= 11 is 4.62. The number of nitrogens with one attached hydrogen (secondary N) is 2. The lowest BCUT2D eigenvalue weighted by molar-refractivity contribution is 0.0951. The maximum absolute atomic E-state index is 12.1. The predicted molar refractivity (Wildman–Crippen MR) is 92.7 cm³/mol. The third-order valence-corrected chi connectivity index (χ3v) is 4.20. The van der Waals surface area contributed by atoms with Crippen LogP contribution in [0.3, 0.4) is 0 Å². The van der Waals surface area contributed by atoms with Gasteiger partial charge in [0.05, 0.1) is 0 Å². The molecule has 20 heavy (non-hydrogen) atoms. The molecule has 1 amide bonds. The Bertz CT molecular complexity index is 506. The Kier molecular flexibility index (Phi) is 7.05. The molecule has 1 aromatic rings. The summed E-state index contributed by atoms with van der Waals surface area (Å²) in [5.41, 5.74) is 6.90. The first-order valence-electron chi connectivity index (χ1n) is 6.09. The maximum atomic E-state index is 12.1. The standard InChI is InChI=1S/C13H16BrN3OS.BrH/c14-10-3-4-11(9(5-10)7-19-13(15)16)12(18)17-6-8-1-2-8;/h3-5,8H,1-2,6-7H2,(H3,15,16)(H,17,18);1H. The van der Waals surface area contributed by atoms with Crippen LogP contribution in [0.5, 0.6) is 0 Å². The Hall–Kier alpha value is -0.530. The highest BCUT2D eigenvalue weighted by molar-refractivity contribution is 9.10. The van der Waals surface area contributed by atoms with Crippen molar-refractivity contribution in [2.45, 2.75) is 18.6 Å². The van der Waals surface area contributed by atoms with Gasteiger partial charge in [-0.25, -0.2) is 0 Å². The number of halogens is 2. The molecule has 0 spiro atoms. The third-order valence-electron chi connectivity index (χ3n) is 2.94. The van der Waals surface area contributed by atoms with Crippen molar-refractivity contribution >= 4 is 55.7 Å². The van der Waals surface area contributed by atoms with Gasteiger partial charge in [0, 0.05) is 22.3 Å². The van der Waals surface area contributed by atoms with Gasteiger partial charge >= 0.3 is 0 Å². The summed E-state index contributed by atoms with van der Waals surface area (Å²) in [7, 11) is 0. The average Bonchev–Trinajstić information content (AvgIpc) is 3.17. The molecule has 0 bridgehead atoms. The number of rotatable bonds is 5. The molecule has 0 aliphatic heterocycles. The minimum absolute atomic E-state index is 0. The number of hydrogen-bond acceptors (Lipinski definition) is 3. The maximum Gasteiger partial charge on any atom is 0.251 e. The van der Waals surface area contributed by atoms with Crippen LogP contribution in [0.15, 0.2) is 22.7 Å². The van der Waals surface area contributed by atoms with Crippen LogP contribution in [0.1, 0.15) is 28.8 Å². The topological polar surface area (TPSA) is 79.0 Å². The summed E-state index contributed by atoms with van der Waals surface area (Å²) in [6, 6.07) is 5.57. The Balaban J connectivity index is 0.00000200. The van der Waals surface area contributed by atoms with E-state index in [0.29, 0.717) is 17.2 Å². The van der Waals surface area contributed by atoms with E-state index in [1.165, 1.54) is 24.6 Å². The lowest BCUT2D eigenvalue weighted by Gasteiger charge is -2.10. The van der Waals surface area contributed by atoms with Crippen LogP contribution in [0.2, 0.25) is 0 Å². The molecule has 4 nitrogen and oxygen atoms in total. The first-order valence-corrected chi connectivity index (χ1v) is 7.87. The van der Waals surface area contributed by atoms with E-state index < -0.39 is 0 Å². The number of hydrogen-bond donors (Lipinski definition) is 3. The zero-order valence-electron chi connectivity index (χ0n) is 10.8. The summed E-state index contributed by atoms with van der Waals surface area (Å²) in [4.78, 5) is 12.1. The van der Waals surface area contributed by atoms with Gasteiger partial charge in [-0.15, -0.1) is 17.0 Å². The van der Waals surface area contributed by atoms with Crippen molar-refractivity contribution < 1.29 is 4.79 Å². The van der Waals surface area contributed by atoms with Gasteiger partial charge in [0.25, 0.3) is 5.91 Å². The molecule has 0 saturated heterocycles. The summed E-state index contributed by atoms with van der Waals surface area (Å²) in [6.45, 7) is 0.758. The van der Waals surface area contributed by atoms with Crippen molar-refractivity contribution in [2.24, 2.45) is 11.7 Å². The van der Waals surface area contributed by atoms with Crippen molar-refractivity contribution in [3.8, 4) is 0 Å². The van der Waals surface area contributed by atoms with Crippen LogP contribution in [0.4, 0.5) is 0 Å². The van der Waals surface area contributed by atoms with E-state index in [4.69, 9.17) is 11.1 Å². The summed E-state index contributed by atoms with van der Waals surface area (Å²) in [6.07, 6.45) is 2.43. The molecule has 0 aromatic heterocycles. The van der Waals surface area contributed by atoms with E-state index in [-0.39, 0.29) is 28.1 Å². The SMILES string of the molecule is Br.N=C(N)SCc1cc(Br)ccc1C(=O)NCC1CC1. The Morgan fingerprint density at radius 1 is 1.50 bits per heavy atom. The van der Waals surface area contributed by atoms with E-state index >= 15 is 0 Å². The molecule has 0 heterocycles. The molecule has 0 atom stereocenters. The number of amides is 1. The van der Waals surface area contributed by atoms with Crippen molar-refractivity contribution in [1.29, 1.82) is 5.41 Å². The Morgan fingerprint density at radius 2 is 2.20 bits per heavy atom. The smallest absolute Gasteiger partial charge is 0.251 e. The molecular formula is C13H17Br2N3OS. The van der Waals surface area contributed by atoms with Gasteiger partial charge in [-0.05, 0) is 42.5 Å². The largest absolute Gasteiger partial charge is 0.379 e. The fourth-order valence-electron chi connectivity index (χ4n) is 1.71. The van der Waals surface area contributed by atoms with Crippen LogP contribution in [0.25, 0.3) is 0 Å². The van der Waals surface area contributed by atoms with Crippen LogP contribution in [-0.4, -0.2) is 17.6 Å². The molecular weight excluding hydrogens is 406 g/mol. The van der Waals surface area contributed by atoms with E-state index in [0.717, 1.165) is 16.6 Å². The van der Waals surface area contributed by atoms with Gasteiger partial charge in [0.15, 0.2) is 5.17 Å². The first-order chi connectivity index (χ1) is 9.06. The number of nitrogens with two attached hydrogens (primary N) is 1. The second-order valence-corrected chi connectivity index (χ2v) is 6.54. The summed E-state index contributed by atoms with van der Waals surface area (Å²) in [5.74, 6) is 1.15. The number of carbonyl (C=O) groups excluding carboxylic acids is 1. The van der Waals surface area contributed by atoms with Crippen molar-refractivity contribution in [3.05, 3.63) is 33.8 Å². The molecule has 1 aliphatic carbocycles. The lowest BCUT2D eigenvalue weighted by atomic mass is 10.1. The molecule has 1 fully saturated rings. The van der Waals surface area contributed by atoms with Crippen LogP contribution >= 0.6 is 44.7 Å². The minimum Gasteiger partial charge on any atom is -0.379 e. The molecule has 2 rings (SSSR count). The molecule has 0 radical (unpaired) electrons. The predicted octanol–water partition coefficient (Wildman–Crippen LogP) is 3.29. The van der Waals surface area contributed by atoms with Crippen molar-refractivity contribution in [3.63, 3.8) is 0 Å². The quantitative estimate of drug-likeness (QED) is 0.503. The molecule has 7 heteroatoms. The fourth-order valence-corrected chi connectivity index (χ4v) is 2.67. The van der Waals surface area contributed by atoms with Crippen LogP contribution in [-0.2, 0) is 5.75 Å². The van der Waals surface area contributed by atoms with Gasteiger partial charge in [-0.1, -0.05) is 27.7 Å². The minimum atomic E-state index is -0.0430. The average molecular weight is 423 g/mol. The zero-order valence-corrected chi connectivity index (χ0v) is 14.9. The zero-order chi connectivity index (χ0) is 13.8. The van der Waals surface area contributed by atoms with Gasteiger partial charge < -0.3 is 11.1 Å². The number of benzene rings is 1. The fraction of sp³-hybridized carbons (Fsp3) is 0.385. The number of carbonyl (C=O) groups is 1. The van der Waals surface area contributed by atoms with Crippen LogP contribution in [0, 0.1) is 11.3 Å². The number of thioether (sulfide) groups is 1. The van der Waals surface area contributed by atoms with Crippen molar-refractivity contribution in [1.82, 2.24) is 5.32 Å². The summed E-state index contributed by atoms with van der Waals surface area (Å²) in [5, 5.41) is 10.3. The highest BCUT2D eigenvalue weighted by Gasteiger charge is 2.22. The lowest BCUT2D eigenvalue weighted by Crippen LogP contribution is -2.26. The van der Waals surface area contributed by atoms with E-state index in [9.17, 15) is 4.79 Å². The second-order valence-electron chi connectivity index (χ2n) is 4.61. The summed E-state index contributed by atoms with van der Waals surface area (Å²) < 4.78 is 0.922. The monoisotopic (exact) mass is 421 g/mol. The molecule has 4 N–H and O–H groups in total. The molecule has 1 aromatic carbocycles. The molecule has 1 aliphatic rings. The molecule has 0 unspecified atom stereocenters. The first kappa shape index (κ1) is 17.5. The van der Waals surface area contributed by atoms with E-state index in [1.807, 2.05) is 18.2 Å². The number of amidine groups is 1. The van der Waals surface area contributed by atoms with Crippen LogP contribution < -0.4 is 11.1 Å². The third kappa shape index (κ3) is 5.46. The Labute approximate surface area is 141 Å². The van der Waals surface area contributed by atoms with Crippen molar-refractivity contribution in [2.75, 3.05) is 6.54 Å². The van der Waals surface area contributed by atoms with E-state index in [1.54, 1.807) is 0 Å². The second kappa shape index (κ2) is 8.05. The Morgan fingerprint density at radius 3 is 2.80 bits per heavy atom. The van der Waals surface area contributed by atoms with Gasteiger partial charge in [0.2, 0.25) is 0 Å². The van der Waals surface area contributed by atoms with E-state index in [2.05, 4.69) is 21.2 Å². The molecule has 110 valence electrons. The highest BCUT2D eigenvalue weighted by Crippen LogP contribution is 2.28. The normalized spacial score (nSPS) is 13.4. The highest BCUT2D eigenvalue weighted by atomic mass is 79.9. The van der Waals surface area contributed by atoms with Gasteiger partial charge in [-0.3, -0.25) is 10.2 Å².